The fourth-order valence-corrected chi connectivity index (χ4v) is 2.55. The molecule has 0 saturated heterocycles. The van der Waals surface area contributed by atoms with Gasteiger partial charge in [-0.15, -0.1) is 0 Å². The molecule has 1 aliphatic rings. The summed E-state index contributed by atoms with van der Waals surface area (Å²) in [4.78, 5) is 3.34. The Bertz CT molecular complexity index is 557. The molecule has 19 heavy (non-hydrogen) atoms. The van der Waals surface area contributed by atoms with Gasteiger partial charge in [0.1, 0.15) is 5.75 Å². The van der Waals surface area contributed by atoms with Gasteiger partial charge in [0.2, 0.25) is 0 Å². The van der Waals surface area contributed by atoms with E-state index < -0.39 is 0 Å². The Morgan fingerprint density at radius 3 is 3.00 bits per heavy atom. The number of aromatic amines is 1. The van der Waals surface area contributed by atoms with Crippen molar-refractivity contribution in [3.05, 3.63) is 30.0 Å². The van der Waals surface area contributed by atoms with Crippen LogP contribution in [0.4, 0.5) is 0 Å². The fourth-order valence-electron chi connectivity index (χ4n) is 2.55. The van der Waals surface area contributed by atoms with Crippen LogP contribution >= 0.6 is 0 Å². The molecule has 1 saturated carbocycles. The average molecular weight is 258 g/mol. The average Bonchev–Trinajstić information content (AvgIpc) is 3.18. The first-order valence-electron chi connectivity index (χ1n) is 7.13. The van der Waals surface area contributed by atoms with Gasteiger partial charge in [0.15, 0.2) is 0 Å². The normalized spacial score (nSPS) is 16.7. The molecule has 3 heteroatoms. The Labute approximate surface area is 114 Å². The molecule has 3 rings (SSSR count). The number of nitrogens with one attached hydrogen (secondary N) is 2. The number of benzene rings is 1. The van der Waals surface area contributed by atoms with Gasteiger partial charge in [-0.1, -0.05) is 0 Å². The van der Waals surface area contributed by atoms with Gasteiger partial charge in [-0.2, -0.15) is 0 Å². The number of rotatable bonds is 6. The molecule has 2 N–H and O–H groups in total. The largest absolute Gasteiger partial charge is 0.497 e. The van der Waals surface area contributed by atoms with Crippen molar-refractivity contribution in [1.29, 1.82) is 0 Å². The first kappa shape index (κ1) is 12.5. The molecule has 1 atom stereocenters. The molecule has 0 radical (unpaired) electrons. The third kappa shape index (κ3) is 2.92. The van der Waals surface area contributed by atoms with E-state index >= 15 is 0 Å². The van der Waals surface area contributed by atoms with E-state index in [-0.39, 0.29) is 0 Å². The predicted octanol–water partition coefficient (Wildman–Crippen LogP) is 3.11. The number of fused-ring (bicyclic) bond motifs is 1. The van der Waals surface area contributed by atoms with Crippen LogP contribution in [0.1, 0.15) is 25.3 Å². The van der Waals surface area contributed by atoms with Crippen molar-refractivity contribution in [2.75, 3.05) is 13.7 Å². The lowest BCUT2D eigenvalue weighted by Gasteiger charge is -2.13. The molecule has 102 valence electrons. The summed E-state index contributed by atoms with van der Waals surface area (Å²) >= 11 is 0. The zero-order valence-electron chi connectivity index (χ0n) is 11.7. The summed E-state index contributed by atoms with van der Waals surface area (Å²) in [6, 6.07) is 6.72. The maximum atomic E-state index is 5.31. The zero-order chi connectivity index (χ0) is 13.2. The minimum Gasteiger partial charge on any atom is -0.497 e. The molecule has 1 aromatic carbocycles. The summed E-state index contributed by atoms with van der Waals surface area (Å²) in [6.45, 7) is 3.44. The van der Waals surface area contributed by atoms with Gasteiger partial charge < -0.3 is 15.0 Å². The topological polar surface area (TPSA) is 37.0 Å². The van der Waals surface area contributed by atoms with Crippen LogP contribution in [-0.2, 0) is 6.42 Å². The van der Waals surface area contributed by atoms with Crippen LogP contribution in [0.25, 0.3) is 10.9 Å². The van der Waals surface area contributed by atoms with Crippen LogP contribution in [0.5, 0.6) is 5.75 Å². The summed E-state index contributed by atoms with van der Waals surface area (Å²) in [5.41, 5.74) is 2.55. The first-order chi connectivity index (χ1) is 9.26. The van der Waals surface area contributed by atoms with Crippen molar-refractivity contribution < 1.29 is 4.74 Å². The van der Waals surface area contributed by atoms with Crippen LogP contribution in [0.3, 0.4) is 0 Å². The maximum Gasteiger partial charge on any atom is 0.119 e. The molecule has 1 fully saturated rings. The van der Waals surface area contributed by atoms with Crippen LogP contribution in [0.15, 0.2) is 24.4 Å². The number of hydrogen-bond acceptors (Lipinski definition) is 2. The minimum absolute atomic E-state index is 0.519. The van der Waals surface area contributed by atoms with Crippen molar-refractivity contribution in [3.8, 4) is 5.75 Å². The Morgan fingerprint density at radius 1 is 1.42 bits per heavy atom. The molecule has 3 nitrogen and oxygen atoms in total. The van der Waals surface area contributed by atoms with E-state index in [2.05, 4.69) is 35.6 Å². The summed E-state index contributed by atoms with van der Waals surface area (Å²) in [5, 5.41) is 4.91. The number of ether oxygens (including phenoxy) is 1. The van der Waals surface area contributed by atoms with Crippen molar-refractivity contribution in [2.45, 2.75) is 32.2 Å². The highest BCUT2D eigenvalue weighted by atomic mass is 16.5. The monoisotopic (exact) mass is 258 g/mol. The number of H-pyrrole nitrogens is 1. The van der Waals surface area contributed by atoms with E-state index in [0.717, 1.165) is 18.1 Å². The second kappa shape index (κ2) is 5.25. The molecule has 0 amide bonds. The van der Waals surface area contributed by atoms with Crippen molar-refractivity contribution >= 4 is 10.9 Å². The van der Waals surface area contributed by atoms with E-state index in [9.17, 15) is 0 Å². The molecule has 0 spiro atoms. The molecule has 1 heterocycles. The van der Waals surface area contributed by atoms with E-state index in [0.29, 0.717) is 6.04 Å². The second-order valence-corrected chi connectivity index (χ2v) is 5.68. The van der Waals surface area contributed by atoms with E-state index in [1.54, 1.807) is 7.11 Å². The third-order valence-corrected chi connectivity index (χ3v) is 3.95. The third-order valence-electron chi connectivity index (χ3n) is 3.95. The Hall–Kier alpha value is -1.48. The summed E-state index contributed by atoms with van der Waals surface area (Å²) < 4.78 is 5.31. The van der Waals surface area contributed by atoms with Crippen LogP contribution in [-0.4, -0.2) is 24.7 Å². The van der Waals surface area contributed by atoms with Crippen LogP contribution in [0, 0.1) is 5.92 Å². The summed E-state index contributed by atoms with van der Waals surface area (Å²) in [5.74, 6) is 1.86. The molecule has 2 aromatic rings. The van der Waals surface area contributed by atoms with E-state index in [4.69, 9.17) is 4.74 Å². The fraction of sp³-hybridized carbons (Fsp3) is 0.500. The van der Waals surface area contributed by atoms with Gasteiger partial charge in [-0.05, 0) is 62.4 Å². The molecule has 1 aliphatic carbocycles. The van der Waals surface area contributed by atoms with E-state index in [1.165, 1.54) is 35.9 Å². The molecular weight excluding hydrogens is 236 g/mol. The smallest absolute Gasteiger partial charge is 0.119 e. The molecule has 1 unspecified atom stereocenters. The van der Waals surface area contributed by atoms with Crippen LogP contribution < -0.4 is 10.1 Å². The number of methoxy groups -OCH3 is 1. The van der Waals surface area contributed by atoms with Crippen molar-refractivity contribution in [3.63, 3.8) is 0 Å². The molecule has 0 bridgehead atoms. The molecule has 1 aromatic heterocycles. The lowest BCUT2D eigenvalue weighted by molar-refractivity contribution is 0.415. The highest BCUT2D eigenvalue weighted by Gasteiger charge is 2.21. The lowest BCUT2D eigenvalue weighted by Crippen LogP contribution is -2.29. The minimum atomic E-state index is 0.519. The van der Waals surface area contributed by atoms with Gasteiger partial charge >= 0.3 is 0 Å². The Balaban J connectivity index is 1.71. The van der Waals surface area contributed by atoms with Crippen LogP contribution in [0.2, 0.25) is 0 Å². The van der Waals surface area contributed by atoms with E-state index in [1.807, 2.05) is 6.07 Å². The maximum absolute atomic E-state index is 5.31. The van der Waals surface area contributed by atoms with Gasteiger partial charge in [-0.3, -0.25) is 0 Å². The van der Waals surface area contributed by atoms with Gasteiger partial charge in [0, 0.05) is 23.1 Å². The standard InChI is InChI=1S/C16H22N2O/c1-11(17-9-12-3-4-12)7-13-10-18-16-6-5-14(19-2)8-15(13)16/h5-6,8,10-12,17-18H,3-4,7,9H2,1-2H3. The summed E-state index contributed by atoms with van der Waals surface area (Å²) in [7, 11) is 1.72. The van der Waals surface area contributed by atoms with Gasteiger partial charge in [-0.25, -0.2) is 0 Å². The second-order valence-electron chi connectivity index (χ2n) is 5.68. The van der Waals surface area contributed by atoms with Crippen molar-refractivity contribution in [2.24, 2.45) is 5.92 Å². The number of hydrogen-bond donors (Lipinski definition) is 2. The molecular formula is C16H22N2O. The quantitative estimate of drug-likeness (QED) is 0.835. The summed E-state index contributed by atoms with van der Waals surface area (Å²) in [6.07, 6.45) is 5.99. The Kier molecular flexibility index (Phi) is 3.47. The highest BCUT2D eigenvalue weighted by Crippen LogP contribution is 2.28. The van der Waals surface area contributed by atoms with Gasteiger partial charge in [0.25, 0.3) is 0 Å². The van der Waals surface area contributed by atoms with Gasteiger partial charge in [0.05, 0.1) is 7.11 Å². The predicted molar refractivity (Wildman–Crippen MR) is 78.7 cm³/mol. The number of aromatic nitrogens is 1. The SMILES string of the molecule is COc1ccc2[nH]cc(CC(C)NCC3CC3)c2c1. The first-order valence-corrected chi connectivity index (χ1v) is 7.13. The highest BCUT2D eigenvalue weighted by molar-refractivity contribution is 5.84. The Morgan fingerprint density at radius 2 is 2.26 bits per heavy atom. The zero-order valence-corrected chi connectivity index (χ0v) is 11.7. The lowest BCUT2D eigenvalue weighted by atomic mass is 10.1. The molecule has 0 aliphatic heterocycles. The van der Waals surface area contributed by atoms with Crippen molar-refractivity contribution in [1.82, 2.24) is 10.3 Å².